The average Bonchev–Trinajstić information content (AvgIpc) is 1.87. The summed E-state index contributed by atoms with van der Waals surface area (Å²) in [5, 5.41) is 9.25. The van der Waals surface area contributed by atoms with E-state index in [0.29, 0.717) is 0 Å². The lowest BCUT2D eigenvalue weighted by Gasteiger charge is -2.07. The molecule has 0 aliphatic rings. The number of hydrogen-bond acceptors (Lipinski definition) is 1. The first kappa shape index (κ1) is 8.70. The van der Waals surface area contributed by atoms with Crippen LogP contribution in [0, 0.1) is 0 Å². The van der Waals surface area contributed by atoms with E-state index in [0.717, 1.165) is 18.4 Å². The molecule has 0 bridgehead atoms. The summed E-state index contributed by atoms with van der Waals surface area (Å²) in [4.78, 5) is 0. The molecule has 0 aliphatic carbocycles. The zero-order valence-electron chi connectivity index (χ0n) is 6.52. The molecule has 0 saturated carbocycles. The Morgan fingerprint density at radius 3 is 2.56 bits per heavy atom. The molecule has 0 radical (unpaired) electrons. The SMILES string of the molecule is CC=C(C)C(O)CCC. The highest BCUT2D eigenvalue weighted by Gasteiger charge is 2.01. The van der Waals surface area contributed by atoms with Crippen molar-refractivity contribution in [3.8, 4) is 0 Å². The smallest absolute Gasteiger partial charge is 0.0747 e. The van der Waals surface area contributed by atoms with E-state index in [4.69, 9.17) is 0 Å². The van der Waals surface area contributed by atoms with Crippen LogP contribution in [0.15, 0.2) is 11.6 Å². The standard InChI is InChI=1S/C8H16O/c1-4-6-8(9)7(3)5-2/h5,8-9H,4,6H2,1-3H3. The van der Waals surface area contributed by atoms with Crippen molar-refractivity contribution < 1.29 is 5.11 Å². The highest BCUT2D eigenvalue weighted by Crippen LogP contribution is 2.06. The third-order valence-electron chi connectivity index (χ3n) is 1.54. The van der Waals surface area contributed by atoms with Crippen molar-refractivity contribution in [3.63, 3.8) is 0 Å². The van der Waals surface area contributed by atoms with Crippen molar-refractivity contribution in [1.82, 2.24) is 0 Å². The fourth-order valence-electron chi connectivity index (χ4n) is 0.693. The summed E-state index contributed by atoms with van der Waals surface area (Å²) in [5.41, 5.74) is 1.08. The Morgan fingerprint density at radius 1 is 1.67 bits per heavy atom. The van der Waals surface area contributed by atoms with Crippen LogP contribution < -0.4 is 0 Å². The van der Waals surface area contributed by atoms with E-state index in [9.17, 15) is 5.11 Å². The lowest BCUT2D eigenvalue weighted by atomic mass is 10.1. The van der Waals surface area contributed by atoms with Gasteiger partial charge in [-0.25, -0.2) is 0 Å². The van der Waals surface area contributed by atoms with Crippen LogP contribution in [0.1, 0.15) is 33.6 Å². The maximum absolute atomic E-state index is 9.25. The molecule has 1 N–H and O–H groups in total. The molecule has 0 aliphatic heterocycles. The van der Waals surface area contributed by atoms with Gasteiger partial charge < -0.3 is 5.11 Å². The Balaban J connectivity index is 3.59. The first-order chi connectivity index (χ1) is 4.22. The molecular formula is C8H16O. The Hall–Kier alpha value is -0.300. The van der Waals surface area contributed by atoms with Gasteiger partial charge in [-0.2, -0.15) is 0 Å². The van der Waals surface area contributed by atoms with E-state index in [2.05, 4.69) is 6.92 Å². The maximum Gasteiger partial charge on any atom is 0.0747 e. The second kappa shape index (κ2) is 4.57. The third kappa shape index (κ3) is 3.31. The highest BCUT2D eigenvalue weighted by atomic mass is 16.3. The predicted molar refractivity (Wildman–Crippen MR) is 40.3 cm³/mol. The molecular weight excluding hydrogens is 112 g/mol. The fraction of sp³-hybridized carbons (Fsp3) is 0.750. The molecule has 54 valence electrons. The first-order valence-electron chi connectivity index (χ1n) is 3.53. The zero-order valence-corrected chi connectivity index (χ0v) is 6.52. The summed E-state index contributed by atoms with van der Waals surface area (Å²) >= 11 is 0. The van der Waals surface area contributed by atoms with Gasteiger partial charge in [-0.05, 0) is 25.8 Å². The Bertz CT molecular complexity index is 94.7. The van der Waals surface area contributed by atoms with Gasteiger partial charge in [-0.3, -0.25) is 0 Å². The van der Waals surface area contributed by atoms with Crippen molar-refractivity contribution in [2.24, 2.45) is 0 Å². The van der Waals surface area contributed by atoms with Crippen LogP contribution in [0.3, 0.4) is 0 Å². The van der Waals surface area contributed by atoms with Gasteiger partial charge in [-0.15, -0.1) is 0 Å². The van der Waals surface area contributed by atoms with Crippen LogP contribution in [0.4, 0.5) is 0 Å². The van der Waals surface area contributed by atoms with E-state index in [1.165, 1.54) is 0 Å². The van der Waals surface area contributed by atoms with Crippen LogP contribution >= 0.6 is 0 Å². The second-order valence-electron chi connectivity index (χ2n) is 2.34. The van der Waals surface area contributed by atoms with E-state index >= 15 is 0 Å². The van der Waals surface area contributed by atoms with Gasteiger partial charge in [0, 0.05) is 0 Å². The number of allylic oxidation sites excluding steroid dienone is 1. The summed E-state index contributed by atoms with van der Waals surface area (Å²) in [6, 6.07) is 0. The van der Waals surface area contributed by atoms with E-state index in [-0.39, 0.29) is 6.10 Å². The molecule has 0 aromatic carbocycles. The summed E-state index contributed by atoms with van der Waals surface area (Å²) in [5.74, 6) is 0. The Kier molecular flexibility index (Phi) is 4.41. The lowest BCUT2D eigenvalue weighted by molar-refractivity contribution is 0.199. The maximum atomic E-state index is 9.25. The van der Waals surface area contributed by atoms with Crippen molar-refractivity contribution in [2.75, 3.05) is 0 Å². The fourth-order valence-corrected chi connectivity index (χ4v) is 0.693. The zero-order chi connectivity index (χ0) is 7.28. The quantitative estimate of drug-likeness (QED) is 0.577. The van der Waals surface area contributed by atoms with Gasteiger partial charge in [0.05, 0.1) is 6.10 Å². The van der Waals surface area contributed by atoms with Crippen molar-refractivity contribution in [2.45, 2.75) is 39.7 Å². The van der Waals surface area contributed by atoms with Gasteiger partial charge in [0.15, 0.2) is 0 Å². The molecule has 0 amide bonds. The van der Waals surface area contributed by atoms with Gasteiger partial charge in [0.2, 0.25) is 0 Å². The Labute approximate surface area is 57.4 Å². The van der Waals surface area contributed by atoms with E-state index < -0.39 is 0 Å². The molecule has 0 aromatic rings. The van der Waals surface area contributed by atoms with Crippen LogP contribution in [0.2, 0.25) is 0 Å². The molecule has 0 spiro atoms. The number of hydrogen-bond donors (Lipinski definition) is 1. The van der Waals surface area contributed by atoms with Gasteiger partial charge in [-0.1, -0.05) is 19.4 Å². The lowest BCUT2D eigenvalue weighted by Crippen LogP contribution is -2.06. The summed E-state index contributed by atoms with van der Waals surface area (Å²) in [6.07, 6.45) is 3.68. The normalized spacial score (nSPS) is 15.8. The highest BCUT2D eigenvalue weighted by molar-refractivity contribution is 5.01. The van der Waals surface area contributed by atoms with Crippen LogP contribution in [0.5, 0.6) is 0 Å². The minimum atomic E-state index is -0.208. The molecule has 1 atom stereocenters. The molecule has 0 fully saturated rings. The second-order valence-corrected chi connectivity index (χ2v) is 2.34. The molecule has 0 heterocycles. The first-order valence-corrected chi connectivity index (χ1v) is 3.53. The number of aliphatic hydroxyl groups excluding tert-OH is 1. The molecule has 1 unspecified atom stereocenters. The van der Waals surface area contributed by atoms with Gasteiger partial charge >= 0.3 is 0 Å². The molecule has 1 heteroatoms. The molecule has 9 heavy (non-hydrogen) atoms. The molecule has 0 aromatic heterocycles. The monoisotopic (exact) mass is 128 g/mol. The van der Waals surface area contributed by atoms with Crippen LogP contribution in [0.25, 0.3) is 0 Å². The molecule has 0 saturated heterocycles. The minimum absolute atomic E-state index is 0.208. The predicted octanol–water partition coefficient (Wildman–Crippen LogP) is 2.11. The van der Waals surface area contributed by atoms with Gasteiger partial charge in [0.25, 0.3) is 0 Å². The third-order valence-corrected chi connectivity index (χ3v) is 1.54. The summed E-state index contributed by atoms with van der Waals surface area (Å²) in [7, 11) is 0. The number of aliphatic hydroxyl groups is 1. The number of rotatable bonds is 3. The van der Waals surface area contributed by atoms with Crippen molar-refractivity contribution in [1.29, 1.82) is 0 Å². The topological polar surface area (TPSA) is 20.2 Å². The van der Waals surface area contributed by atoms with Gasteiger partial charge in [0.1, 0.15) is 0 Å². The summed E-state index contributed by atoms with van der Waals surface area (Å²) in [6.45, 7) is 5.99. The van der Waals surface area contributed by atoms with Crippen molar-refractivity contribution >= 4 is 0 Å². The average molecular weight is 128 g/mol. The van der Waals surface area contributed by atoms with E-state index in [1.54, 1.807) is 0 Å². The Morgan fingerprint density at radius 2 is 2.22 bits per heavy atom. The minimum Gasteiger partial charge on any atom is -0.389 e. The largest absolute Gasteiger partial charge is 0.389 e. The van der Waals surface area contributed by atoms with Crippen molar-refractivity contribution in [3.05, 3.63) is 11.6 Å². The van der Waals surface area contributed by atoms with Crippen LogP contribution in [-0.2, 0) is 0 Å². The molecule has 0 rings (SSSR count). The van der Waals surface area contributed by atoms with Crippen LogP contribution in [-0.4, -0.2) is 11.2 Å². The summed E-state index contributed by atoms with van der Waals surface area (Å²) < 4.78 is 0. The molecule has 1 nitrogen and oxygen atoms in total. The van der Waals surface area contributed by atoms with E-state index in [1.807, 2.05) is 19.9 Å².